The van der Waals surface area contributed by atoms with Crippen LogP contribution in [0.1, 0.15) is 54.0 Å². The van der Waals surface area contributed by atoms with Crippen LogP contribution in [-0.4, -0.2) is 42.0 Å². The van der Waals surface area contributed by atoms with Crippen LogP contribution in [0.3, 0.4) is 0 Å². The molecule has 0 atom stereocenters. The summed E-state index contributed by atoms with van der Waals surface area (Å²) in [6.45, 7) is 6.18. The Morgan fingerprint density at radius 1 is 1.30 bits per heavy atom. The average molecular weight is 293 g/mol. The summed E-state index contributed by atoms with van der Waals surface area (Å²) in [7, 11) is 0. The standard InChI is InChI=1S/C15H23N3OS/c1-11-4-8-18(9-5-11)15(19)13-10-20-14(17-13)12-2-6-16-7-3-12/h10-12,16H,2-9H2,1H3. The molecule has 4 nitrogen and oxygen atoms in total. The predicted octanol–water partition coefficient (Wildman–Crippen LogP) is 2.48. The van der Waals surface area contributed by atoms with Crippen molar-refractivity contribution in [1.29, 1.82) is 0 Å². The number of nitrogens with zero attached hydrogens (tertiary/aromatic N) is 2. The van der Waals surface area contributed by atoms with Crippen molar-refractivity contribution in [2.45, 2.75) is 38.5 Å². The van der Waals surface area contributed by atoms with Gasteiger partial charge in [-0.05, 0) is 44.7 Å². The second-order valence-corrected chi connectivity index (χ2v) is 6.96. The molecule has 5 heteroatoms. The van der Waals surface area contributed by atoms with Crippen LogP contribution in [0.15, 0.2) is 5.38 Å². The van der Waals surface area contributed by atoms with E-state index in [1.54, 1.807) is 11.3 Å². The van der Waals surface area contributed by atoms with E-state index in [9.17, 15) is 4.79 Å². The highest BCUT2D eigenvalue weighted by Crippen LogP contribution is 2.28. The molecule has 0 bridgehead atoms. The van der Waals surface area contributed by atoms with Crippen LogP contribution in [0.5, 0.6) is 0 Å². The molecule has 3 rings (SSSR count). The Morgan fingerprint density at radius 2 is 2.00 bits per heavy atom. The molecule has 1 N–H and O–H groups in total. The molecule has 1 aromatic heterocycles. The van der Waals surface area contributed by atoms with Gasteiger partial charge >= 0.3 is 0 Å². The lowest BCUT2D eigenvalue weighted by molar-refractivity contribution is 0.0692. The van der Waals surface area contributed by atoms with Gasteiger partial charge in [0, 0.05) is 24.4 Å². The van der Waals surface area contributed by atoms with Gasteiger partial charge in [0.2, 0.25) is 0 Å². The highest BCUT2D eigenvalue weighted by atomic mass is 32.1. The van der Waals surface area contributed by atoms with Gasteiger partial charge in [0.05, 0.1) is 5.01 Å². The van der Waals surface area contributed by atoms with Crippen molar-refractivity contribution < 1.29 is 4.79 Å². The zero-order valence-electron chi connectivity index (χ0n) is 12.1. The summed E-state index contributed by atoms with van der Waals surface area (Å²) >= 11 is 1.66. The molecule has 0 aliphatic carbocycles. The van der Waals surface area contributed by atoms with Gasteiger partial charge in [-0.25, -0.2) is 4.98 Å². The maximum absolute atomic E-state index is 12.5. The fourth-order valence-electron chi connectivity index (χ4n) is 3.02. The molecule has 20 heavy (non-hydrogen) atoms. The normalized spacial score (nSPS) is 22.1. The van der Waals surface area contributed by atoms with Crippen LogP contribution in [-0.2, 0) is 0 Å². The fourth-order valence-corrected chi connectivity index (χ4v) is 3.98. The third kappa shape index (κ3) is 3.04. The van der Waals surface area contributed by atoms with Gasteiger partial charge in [0.1, 0.15) is 5.69 Å². The zero-order valence-corrected chi connectivity index (χ0v) is 12.9. The van der Waals surface area contributed by atoms with Crippen LogP contribution in [0.2, 0.25) is 0 Å². The molecule has 1 aromatic rings. The van der Waals surface area contributed by atoms with Gasteiger partial charge in [-0.1, -0.05) is 6.92 Å². The Hall–Kier alpha value is -0.940. The van der Waals surface area contributed by atoms with Gasteiger partial charge in [-0.3, -0.25) is 4.79 Å². The summed E-state index contributed by atoms with van der Waals surface area (Å²) in [6.07, 6.45) is 4.53. The minimum atomic E-state index is 0.133. The van der Waals surface area contributed by atoms with Crippen LogP contribution < -0.4 is 5.32 Å². The number of amides is 1. The lowest BCUT2D eigenvalue weighted by Crippen LogP contribution is -2.38. The Kier molecular flexibility index (Phi) is 4.36. The SMILES string of the molecule is CC1CCN(C(=O)c2csc(C3CCNCC3)n2)CC1. The molecule has 2 aliphatic heterocycles. The molecule has 110 valence electrons. The Morgan fingerprint density at radius 3 is 2.70 bits per heavy atom. The number of piperidine rings is 2. The molecule has 0 spiro atoms. The molecule has 0 saturated carbocycles. The monoisotopic (exact) mass is 293 g/mol. The highest BCUT2D eigenvalue weighted by Gasteiger charge is 2.25. The van der Waals surface area contributed by atoms with Crippen molar-refractivity contribution in [2.24, 2.45) is 5.92 Å². The first-order valence-electron chi connectivity index (χ1n) is 7.69. The quantitative estimate of drug-likeness (QED) is 0.911. The van der Waals surface area contributed by atoms with Crippen LogP contribution >= 0.6 is 11.3 Å². The van der Waals surface area contributed by atoms with E-state index in [0.717, 1.165) is 62.8 Å². The van der Waals surface area contributed by atoms with Gasteiger partial charge in [-0.2, -0.15) is 0 Å². The number of nitrogens with one attached hydrogen (secondary N) is 1. The van der Waals surface area contributed by atoms with Crippen molar-refractivity contribution in [1.82, 2.24) is 15.2 Å². The van der Waals surface area contributed by atoms with Gasteiger partial charge < -0.3 is 10.2 Å². The molecule has 2 saturated heterocycles. The third-order valence-corrected chi connectivity index (χ3v) is 5.51. The number of hydrogen-bond acceptors (Lipinski definition) is 4. The number of aromatic nitrogens is 1. The largest absolute Gasteiger partial charge is 0.337 e. The second kappa shape index (κ2) is 6.22. The average Bonchev–Trinajstić information content (AvgIpc) is 2.98. The maximum atomic E-state index is 12.5. The lowest BCUT2D eigenvalue weighted by Gasteiger charge is -2.29. The summed E-state index contributed by atoms with van der Waals surface area (Å²) in [5, 5.41) is 6.48. The van der Waals surface area contributed by atoms with Crippen LogP contribution in [0.4, 0.5) is 0 Å². The minimum Gasteiger partial charge on any atom is -0.337 e. The Balaban J connectivity index is 1.65. The molecule has 0 unspecified atom stereocenters. The van der Waals surface area contributed by atoms with E-state index >= 15 is 0 Å². The van der Waals surface area contributed by atoms with E-state index < -0.39 is 0 Å². The molecule has 2 fully saturated rings. The van der Waals surface area contributed by atoms with E-state index in [4.69, 9.17) is 0 Å². The summed E-state index contributed by atoms with van der Waals surface area (Å²) < 4.78 is 0. The molecule has 0 radical (unpaired) electrons. The Labute approximate surface area is 124 Å². The zero-order chi connectivity index (χ0) is 13.9. The van der Waals surface area contributed by atoms with E-state index in [1.165, 1.54) is 0 Å². The maximum Gasteiger partial charge on any atom is 0.273 e. The molecule has 0 aromatic carbocycles. The molecule has 3 heterocycles. The van der Waals surface area contributed by atoms with Crippen molar-refractivity contribution >= 4 is 17.2 Å². The van der Waals surface area contributed by atoms with E-state index in [2.05, 4.69) is 17.2 Å². The fraction of sp³-hybridized carbons (Fsp3) is 0.733. The summed E-state index contributed by atoms with van der Waals surface area (Å²) in [6, 6.07) is 0. The molecular weight excluding hydrogens is 270 g/mol. The van der Waals surface area contributed by atoms with Crippen molar-refractivity contribution in [2.75, 3.05) is 26.2 Å². The summed E-state index contributed by atoms with van der Waals surface area (Å²) in [5.74, 6) is 1.43. The molecule has 2 aliphatic rings. The first-order valence-corrected chi connectivity index (χ1v) is 8.57. The summed E-state index contributed by atoms with van der Waals surface area (Å²) in [4.78, 5) is 19.1. The second-order valence-electron chi connectivity index (χ2n) is 6.07. The summed E-state index contributed by atoms with van der Waals surface area (Å²) in [5.41, 5.74) is 0.665. The van der Waals surface area contributed by atoms with E-state index in [-0.39, 0.29) is 5.91 Å². The van der Waals surface area contributed by atoms with Crippen LogP contribution in [0, 0.1) is 5.92 Å². The van der Waals surface area contributed by atoms with Gasteiger partial charge in [-0.15, -0.1) is 11.3 Å². The van der Waals surface area contributed by atoms with E-state index in [1.807, 2.05) is 10.3 Å². The smallest absolute Gasteiger partial charge is 0.273 e. The highest BCUT2D eigenvalue weighted by molar-refractivity contribution is 7.09. The number of hydrogen-bond donors (Lipinski definition) is 1. The first kappa shape index (κ1) is 14.0. The van der Waals surface area contributed by atoms with Crippen molar-refractivity contribution in [3.05, 3.63) is 16.1 Å². The number of rotatable bonds is 2. The van der Waals surface area contributed by atoms with Crippen LogP contribution in [0.25, 0.3) is 0 Å². The third-order valence-electron chi connectivity index (χ3n) is 4.50. The first-order chi connectivity index (χ1) is 9.74. The predicted molar refractivity (Wildman–Crippen MR) is 81.3 cm³/mol. The van der Waals surface area contributed by atoms with E-state index in [0.29, 0.717) is 11.6 Å². The van der Waals surface area contributed by atoms with Gasteiger partial charge in [0.15, 0.2) is 0 Å². The number of carbonyl (C=O) groups is 1. The Bertz CT molecular complexity index is 459. The van der Waals surface area contributed by atoms with Crippen molar-refractivity contribution in [3.63, 3.8) is 0 Å². The number of likely N-dealkylation sites (tertiary alicyclic amines) is 1. The number of thiazole rings is 1. The molecule has 1 amide bonds. The topological polar surface area (TPSA) is 45.2 Å². The molecular formula is C15H23N3OS. The number of carbonyl (C=O) groups excluding carboxylic acids is 1. The lowest BCUT2D eigenvalue weighted by atomic mass is 9.99. The van der Waals surface area contributed by atoms with Crippen molar-refractivity contribution in [3.8, 4) is 0 Å². The van der Waals surface area contributed by atoms with Gasteiger partial charge in [0.25, 0.3) is 5.91 Å². The minimum absolute atomic E-state index is 0.133.